The quantitative estimate of drug-likeness (QED) is 0.784. The predicted molar refractivity (Wildman–Crippen MR) is 94.7 cm³/mol. The van der Waals surface area contributed by atoms with E-state index < -0.39 is 0 Å². The molecule has 1 aromatic heterocycles. The fourth-order valence-corrected chi connectivity index (χ4v) is 2.55. The van der Waals surface area contributed by atoms with Gasteiger partial charge >= 0.3 is 0 Å². The second kappa shape index (κ2) is 8.32. The van der Waals surface area contributed by atoms with Crippen molar-refractivity contribution in [1.29, 1.82) is 0 Å². The van der Waals surface area contributed by atoms with E-state index in [1.807, 2.05) is 44.2 Å². The largest absolute Gasteiger partial charge is 0.353 e. The van der Waals surface area contributed by atoms with Crippen LogP contribution in [0.3, 0.4) is 0 Å². The first kappa shape index (κ1) is 17.0. The second-order valence-electron chi connectivity index (χ2n) is 5.38. The minimum Gasteiger partial charge on any atom is -0.353 e. The maximum atomic E-state index is 12.3. The van der Waals surface area contributed by atoms with Crippen LogP contribution in [-0.4, -0.2) is 35.4 Å². The van der Waals surface area contributed by atoms with Crippen molar-refractivity contribution in [2.75, 3.05) is 24.5 Å². The number of aromatic nitrogens is 1. The molecular formula is C19H25N3O. The lowest BCUT2D eigenvalue weighted by molar-refractivity contribution is 0.0772. The summed E-state index contributed by atoms with van der Waals surface area (Å²) in [5, 5.41) is 0. The van der Waals surface area contributed by atoms with Gasteiger partial charge in [0.15, 0.2) is 0 Å². The van der Waals surface area contributed by atoms with E-state index in [1.165, 1.54) is 5.56 Å². The third-order valence-corrected chi connectivity index (χ3v) is 3.97. The maximum absolute atomic E-state index is 12.3. The fourth-order valence-electron chi connectivity index (χ4n) is 2.55. The molecule has 0 aliphatic carbocycles. The van der Waals surface area contributed by atoms with Crippen LogP contribution in [0.5, 0.6) is 0 Å². The average molecular weight is 311 g/mol. The maximum Gasteiger partial charge on any atom is 0.255 e. The molecule has 2 rings (SSSR count). The van der Waals surface area contributed by atoms with Crippen LogP contribution >= 0.6 is 0 Å². The van der Waals surface area contributed by atoms with Gasteiger partial charge in [-0.1, -0.05) is 30.3 Å². The smallest absolute Gasteiger partial charge is 0.255 e. The van der Waals surface area contributed by atoms with Gasteiger partial charge in [-0.25, -0.2) is 4.98 Å². The van der Waals surface area contributed by atoms with E-state index >= 15 is 0 Å². The monoisotopic (exact) mass is 311 g/mol. The van der Waals surface area contributed by atoms with Crippen molar-refractivity contribution in [3.05, 3.63) is 59.8 Å². The van der Waals surface area contributed by atoms with Gasteiger partial charge in [0.25, 0.3) is 5.91 Å². The molecule has 2 aromatic rings. The van der Waals surface area contributed by atoms with Crippen LogP contribution in [0.25, 0.3) is 0 Å². The summed E-state index contributed by atoms with van der Waals surface area (Å²) in [5.74, 6) is 0.938. The highest BCUT2D eigenvalue weighted by Gasteiger charge is 2.14. The second-order valence-corrected chi connectivity index (χ2v) is 5.38. The van der Waals surface area contributed by atoms with Crippen LogP contribution in [0.4, 0.5) is 5.82 Å². The zero-order valence-electron chi connectivity index (χ0n) is 14.2. The number of nitrogens with zero attached hydrogens (tertiary/aromatic N) is 3. The Morgan fingerprint density at radius 1 is 0.957 bits per heavy atom. The number of carbonyl (C=O) groups excluding carboxylic acids is 1. The van der Waals surface area contributed by atoms with E-state index in [1.54, 1.807) is 11.1 Å². The van der Waals surface area contributed by atoms with Gasteiger partial charge in [0.2, 0.25) is 0 Å². The zero-order valence-corrected chi connectivity index (χ0v) is 14.2. The van der Waals surface area contributed by atoms with Gasteiger partial charge in [0.1, 0.15) is 5.82 Å². The molecular weight excluding hydrogens is 286 g/mol. The van der Waals surface area contributed by atoms with Crippen molar-refractivity contribution in [2.24, 2.45) is 0 Å². The van der Waals surface area contributed by atoms with Crippen molar-refractivity contribution >= 4 is 11.7 Å². The molecule has 0 bridgehead atoms. The summed E-state index contributed by atoms with van der Waals surface area (Å²) >= 11 is 0. The SMILES string of the molecule is CCN(CC)C(=O)c1ccc(N(CC)Cc2ccccc2)nc1. The first-order valence-corrected chi connectivity index (χ1v) is 8.23. The summed E-state index contributed by atoms with van der Waals surface area (Å²) in [5.41, 5.74) is 1.90. The highest BCUT2D eigenvalue weighted by molar-refractivity contribution is 5.94. The minimum absolute atomic E-state index is 0.0418. The number of carbonyl (C=O) groups is 1. The predicted octanol–water partition coefficient (Wildman–Crippen LogP) is 3.59. The first-order valence-electron chi connectivity index (χ1n) is 8.23. The van der Waals surface area contributed by atoms with Crippen LogP contribution in [-0.2, 0) is 6.54 Å². The molecule has 1 aromatic carbocycles. The third kappa shape index (κ3) is 4.31. The Bertz CT molecular complexity index is 606. The molecule has 0 unspecified atom stereocenters. The normalized spacial score (nSPS) is 10.4. The Balaban J connectivity index is 2.12. The van der Waals surface area contributed by atoms with Gasteiger partial charge in [0, 0.05) is 32.4 Å². The molecule has 23 heavy (non-hydrogen) atoms. The van der Waals surface area contributed by atoms with E-state index in [0.717, 1.165) is 18.9 Å². The summed E-state index contributed by atoms with van der Waals surface area (Å²) in [4.78, 5) is 20.8. The third-order valence-electron chi connectivity index (χ3n) is 3.97. The molecule has 0 saturated heterocycles. The fraction of sp³-hybridized carbons (Fsp3) is 0.368. The summed E-state index contributed by atoms with van der Waals surface area (Å²) in [7, 11) is 0. The highest BCUT2D eigenvalue weighted by atomic mass is 16.2. The molecule has 0 saturated carbocycles. The van der Waals surface area contributed by atoms with Gasteiger partial charge in [-0.05, 0) is 38.5 Å². The van der Waals surface area contributed by atoms with Crippen LogP contribution in [0.2, 0.25) is 0 Å². The topological polar surface area (TPSA) is 36.4 Å². The Morgan fingerprint density at radius 3 is 2.17 bits per heavy atom. The summed E-state index contributed by atoms with van der Waals surface area (Å²) < 4.78 is 0. The molecule has 1 heterocycles. The Morgan fingerprint density at radius 2 is 1.65 bits per heavy atom. The van der Waals surface area contributed by atoms with E-state index in [2.05, 4.69) is 28.9 Å². The lowest BCUT2D eigenvalue weighted by Gasteiger charge is -2.23. The average Bonchev–Trinajstić information content (AvgIpc) is 2.61. The van der Waals surface area contributed by atoms with Crippen molar-refractivity contribution in [2.45, 2.75) is 27.3 Å². The molecule has 4 nitrogen and oxygen atoms in total. The Hall–Kier alpha value is -2.36. The Kier molecular flexibility index (Phi) is 6.15. The number of amides is 1. The van der Waals surface area contributed by atoms with Crippen LogP contribution in [0.15, 0.2) is 48.7 Å². The van der Waals surface area contributed by atoms with Gasteiger partial charge in [-0.15, -0.1) is 0 Å². The molecule has 122 valence electrons. The van der Waals surface area contributed by atoms with Crippen molar-refractivity contribution < 1.29 is 4.79 Å². The number of benzene rings is 1. The van der Waals surface area contributed by atoms with Crippen molar-refractivity contribution in [1.82, 2.24) is 9.88 Å². The zero-order chi connectivity index (χ0) is 16.7. The van der Waals surface area contributed by atoms with E-state index in [4.69, 9.17) is 0 Å². The lowest BCUT2D eigenvalue weighted by atomic mass is 10.2. The van der Waals surface area contributed by atoms with Gasteiger partial charge < -0.3 is 9.80 Å². The van der Waals surface area contributed by atoms with Gasteiger partial charge in [-0.2, -0.15) is 0 Å². The molecule has 0 N–H and O–H groups in total. The minimum atomic E-state index is 0.0418. The Labute approximate surface area is 138 Å². The summed E-state index contributed by atoms with van der Waals surface area (Å²) in [6, 6.07) is 14.1. The van der Waals surface area contributed by atoms with Crippen LogP contribution < -0.4 is 4.90 Å². The molecule has 0 spiro atoms. The number of pyridine rings is 1. The van der Waals surface area contributed by atoms with Gasteiger partial charge in [0.05, 0.1) is 5.56 Å². The molecule has 0 aliphatic heterocycles. The molecule has 0 atom stereocenters. The highest BCUT2D eigenvalue weighted by Crippen LogP contribution is 2.15. The van der Waals surface area contributed by atoms with Crippen LogP contribution in [0, 0.1) is 0 Å². The number of rotatable bonds is 7. The standard InChI is InChI=1S/C19H25N3O/c1-4-21(5-2)19(23)17-12-13-18(20-14-17)22(6-3)15-16-10-8-7-9-11-16/h7-14H,4-6,15H2,1-3H3. The molecule has 0 fully saturated rings. The lowest BCUT2D eigenvalue weighted by Crippen LogP contribution is -2.30. The molecule has 0 radical (unpaired) electrons. The van der Waals surface area contributed by atoms with E-state index in [0.29, 0.717) is 18.7 Å². The summed E-state index contributed by atoms with van der Waals surface area (Å²) in [6.07, 6.45) is 1.68. The molecule has 0 aliphatic rings. The van der Waals surface area contributed by atoms with E-state index in [9.17, 15) is 4.79 Å². The molecule has 4 heteroatoms. The van der Waals surface area contributed by atoms with Crippen molar-refractivity contribution in [3.8, 4) is 0 Å². The van der Waals surface area contributed by atoms with E-state index in [-0.39, 0.29) is 5.91 Å². The summed E-state index contributed by atoms with van der Waals surface area (Å²) in [6.45, 7) is 9.20. The number of anilines is 1. The number of hydrogen-bond donors (Lipinski definition) is 0. The van der Waals surface area contributed by atoms with Crippen molar-refractivity contribution in [3.63, 3.8) is 0 Å². The number of hydrogen-bond acceptors (Lipinski definition) is 3. The van der Waals surface area contributed by atoms with Crippen LogP contribution in [0.1, 0.15) is 36.7 Å². The van der Waals surface area contributed by atoms with Gasteiger partial charge in [-0.3, -0.25) is 4.79 Å². The first-order chi connectivity index (χ1) is 11.2. The molecule has 1 amide bonds.